The molecule has 0 radical (unpaired) electrons. The predicted molar refractivity (Wildman–Crippen MR) is 86.0 cm³/mol. The standard InChI is InChI=1S/C16H23N5O2/c1-11-9-20(13-7-18-14(6-17)19-8-13)10-12(2)21(11)15(22)23-16(3,4)5/h7-8,11-12H,9-10H2,1-5H3. The van der Waals surface area contributed by atoms with E-state index < -0.39 is 5.60 Å². The highest BCUT2D eigenvalue weighted by Gasteiger charge is 2.35. The third-order valence-corrected chi connectivity index (χ3v) is 3.63. The van der Waals surface area contributed by atoms with Crippen molar-refractivity contribution in [1.29, 1.82) is 5.26 Å². The maximum Gasteiger partial charge on any atom is 0.410 e. The Kier molecular flexibility index (Phi) is 4.73. The minimum Gasteiger partial charge on any atom is -0.444 e. The monoisotopic (exact) mass is 317 g/mol. The van der Waals surface area contributed by atoms with Gasteiger partial charge in [0.25, 0.3) is 0 Å². The average molecular weight is 317 g/mol. The molecule has 2 unspecified atom stereocenters. The molecule has 7 heteroatoms. The SMILES string of the molecule is CC1CN(c2cnc(C#N)nc2)CC(C)N1C(=O)OC(C)(C)C. The number of carbonyl (C=O) groups is 1. The number of carbonyl (C=O) groups excluding carboxylic acids is 1. The minimum atomic E-state index is -0.505. The molecule has 23 heavy (non-hydrogen) atoms. The lowest BCUT2D eigenvalue weighted by Gasteiger charge is -2.45. The topological polar surface area (TPSA) is 82.4 Å². The van der Waals surface area contributed by atoms with Gasteiger partial charge >= 0.3 is 6.09 Å². The van der Waals surface area contributed by atoms with Crippen LogP contribution in [0.3, 0.4) is 0 Å². The lowest BCUT2D eigenvalue weighted by Crippen LogP contribution is -2.59. The molecule has 1 aromatic heterocycles. The Balaban J connectivity index is 2.09. The second-order valence-corrected chi connectivity index (χ2v) is 6.87. The minimum absolute atomic E-state index is 0.00393. The Morgan fingerprint density at radius 1 is 1.26 bits per heavy atom. The number of nitriles is 1. The van der Waals surface area contributed by atoms with Crippen molar-refractivity contribution in [2.45, 2.75) is 52.3 Å². The van der Waals surface area contributed by atoms with Crippen LogP contribution in [0.1, 0.15) is 40.4 Å². The first-order valence-corrected chi connectivity index (χ1v) is 7.69. The van der Waals surface area contributed by atoms with Crippen LogP contribution in [0.5, 0.6) is 0 Å². The van der Waals surface area contributed by atoms with Crippen LogP contribution in [0.15, 0.2) is 12.4 Å². The summed E-state index contributed by atoms with van der Waals surface area (Å²) in [6.07, 6.45) is 3.01. The Morgan fingerprint density at radius 2 is 1.78 bits per heavy atom. The van der Waals surface area contributed by atoms with Crippen molar-refractivity contribution in [3.8, 4) is 6.07 Å². The summed E-state index contributed by atoms with van der Waals surface area (Å²) in [5, 5.41) is 8.76. The van der Waals surface area contributed by atoms with E-state index in [-0.39, 0.29) is 24.0 Å². The molecule has 1 aliphatic heterocycles. The van der Waals surface area contributed by atoms with E-state index in [0.29, 0.717) is 13.1 Å². The Hall–Kier alpha value is -2.36. The molecule has 0 spiro atoms. The molecule has 1 aliphatic rings. The van der Waals surface area contributed by atoms with E-state index in [9.17, 15) is 4.79 Å². The second kappa shape index (κ2) is 6.41. The number of ether oxygens (including phenoxy) is 1. The first-order valence-electron chi connectivity index (χ1n) is 7.69. The van der Waals surface area contributed by atoms with E-state index in [4.69, 9.17) is 10.00 Å². The van der Waals surface area contributed by atoms with Gasteiger partial charge in [-0.25, -0.2) is 14.8 Å². The normalized spacial score (nSPS) is 21.7. The maximum atomic E-state index is 12.4. The molecule has 1 saturated heterocycles. The Bertz CT molecular complexity index is 590. The molecule has 124 valence electrons. The van der Waals surface area contributed by atoms with Gasteiger partial charge < -0.3 is 9.64 Å². The maximum absolute atomic E-state index is 12.4. The molecular weight excluding hydrogens is 294 g/mol. The summed E-state index contributed by atoms with van der Waals surface area (Å²) in [5.74, 6) is 0.155. The summed E-state index contributed by atoms with van der Waals surface area (Å²) in [6.45, 7) is 10.9. The number of aromatic nitrogens is 2. The first kappa shape index (κ1) is 17.0. The smallest absolute Gasteiger partial charge is 0.410 e. The van der Waals surface area contributed by atoms with E-state index >= 15 is 0 Å². The van der Waals surface area contributed by atoms with Crippen molar-refractivity contribution in [2.24, 2.45) is 0 Å². The van der Waals surface area contributed by atoms with Crippen molar-refractivity contribution in [3.05, 3.63) is 18.2 Å². The first-order chi connectivity index (χ1) is 10.7. The number of hydrogen-bond donors (Lipinski definition) is 0. The zero-order valence-corrected chi connectivity index (χ0v) is 14.3. The van der Waals surface area contributed by atoms with Crippen LogP contribution in [-0.4, -0.2) is 51.7 Å². The van der Waals surface area contributed by atoms with E-state index in [1.54, 1.807) is 17.3 Å². The second-order valence-electron chi connectivity index (χ2n) is 6.87. The quantitative estimate of drug-likeness (QED) is 0.789. The van der Waals surface area contributed by atoms with Crippen LogP contribution < -0.4 is 4.90 Å². The molecule has 7 nitrogen and oxygen atoms in total. The van der Waals surface area contributed by atoms with Crippen molar-refractivity contribution in [2.75, 3.05) is 18.0 Å². The molecular formula is C16H23N5O2. The largest absolute Gasteiger partial charge is 0.444 e. The number of piperazine rings is 1. The van der Waals surface area contributed by atoms with Gasteiger partial charge in [-0.1, -0.05) is 0 Å². The Labute approximate surface area is 136 Å². The number of hydrogen-bond acceptors (Lipinski definition) is 6. The molecule has 2 atom stereocenters. The van der Waals surface area contributed by atoms with Gasteiger partial charge in [0.05, 0.1) is 30.2 Å². The predicted octanol–water partition coefficient (Wildman–Crippen LogP) is 2.18. The summed E-state index contributed by atoms with van der Waals surface area (Å²) < 4.78 is 5.50. The molecule has 0 aromatic carbocycles. The number of amides is 1. The van der Waals surface area contributed by atoms with Crippen molar-refractivity contribution >= 4 is 11.8 Å². The molecule has 0 saturated carbocycles. The van der Waals surface area contributed by atoms with Crippen molar-refractivity contribution < 1.29 is 9.53 Å². The molecule has 0 N–H and O–H groups in total. The lowest BCUT2D eigenvalue weighted by atomic mass is 10.1. The number of rotatable bonds is 1. The Morgan fingerprint density at radius 3 is 2.22 bits per heavy atom. The van der Waals surface area contributed by atoms with E-state index in [0.717, 1.165) is 5.69 Å². The molecule has 0 aliphatic carbocycles. The summed E-state index contributed by atoms with van der Waals surface area (Å²) in [4.78, 5) is 24.3. The van der Waals surface area contributed by atoms with Crippen LogP contribution in [-0.2, 0) is 4.74 Å². The fourth-order valence-corrected chi connectivity index (χ4v) is 2.75. The van der Waals surface area contributed by atoms with Gasteiger partial charge in [0, 0.05) is 13.1 Å². The zero-order valence-electron chi connectivity index (χ0n) is 14.3. The third-order valence-electron chi connectivity index (χ3n) is 3.63. The fraction of sp³-hybridized carbons (Fsp3) is 0.625. The van der Waals surface area contributed by atoms with E-state index in [2.05, 4.69) is 14.9 Å². The highest BCUT2D eigenvalue weighted by molar-refractivity contribution is 5.69. The summed E-state index contributed by atoms with van der Waals surface area (Å²) >= 11 is 0. The van der Waals surface area contributed by atoms with Gasteiger partial charge in [-0.05, 0) is 34.6 Å². The van der Waals surface area contributed by atoms with Gasteiger partial charge in [0.1, 0.15) is 11.7 Å². The van der Waals surface area contributed by atoms with Crippen LogP contribution in [0.4, 0.5) is 10.5 Å². The van der Waals surface area contributed by atoms with Crippen molar-refractivity contribution in [1.82, 2.24) is 14.9 Å². The van der Waals surface area contributed by atoms with E-state index in [1.165, 1.54) is 0 Å². The molecule has 2 heterocycles. The average Bonchev–Trinajstić information content (AvgIpc) is 2.44. The summed E-state index contributed by atoms with van der Waals surface area (Å²) in [7, 11) is 0. The van der Waals surface area contributed by atoms with Crippen LogP contribution in [0.25, 0.3) is 0 Å². The molecule has 1 amide bonds. The molecule has 0 bridgehead atoms. The molecule has 2 rings (SSSR count). The van der Waals surface area contributed by atoms with Crippen molar-refractivity contribution in [3.63, 3.8) is 0 Å². The van der Waals surface area contributed by atoms with Gasteiger partial charge in [-0.3, -0.25) is 4.90 Å². The van der Waals surface area contributed by atoms with Gasteiger partial charge in [-0.15, -0.1) is 0 Å². The summed E-state index contributed by atoms with van der Waals surface area (Å²) in [5.41, 5.74) is 0.348. The van der Waals surface area contributed by atoms with E-state index in [1.807, 2.05) is 40.7 Å². The highest BCUT2D eigenvalue weighted by atomic mass is 16.6. The third kappa shape index (κ3) is 4.09. The zero-order chi connectivity index (χ0) is 17.2. The lowest BCUT2D eigenvalue weighted by molar-refractivity contribution is 0.00566. The van der Waals surface area contributed by atoms with Gasteiger partial charge in [-0.2, -0.15) is 5.26 Å². The van der Waals surface area contributed by atoms with Crippen LogP contribution >= 0.6 is 0 Å². The molecule has 1 aromatic rings. The summed E-state index contributed by atoms with van der Waals surface area (Å²) in [6, 6.07) is 1.92. The van der Waals surface area contributed by atoms with Crippen LogP contribution in [0, 0.1) is 11.3 Å². The number of nitrogens with zero attached hydrogens (tertiary/aromatic N) is 5. The van der Waals surface area contributed by atoms with Gasteiger partial charge in [0.2, 0.25) is 5.82 Å². The molecule has 1 fully saturated rings. The number of anilines is 1. The van der Waals surface area contributed by atoms with Gasteiger partial charge in [0.15, 0.2) is 0 Å². The van der Waals surface area contributed by atoms with Crippen LogP contribution in [0.2, 0.25) is 0 Å². The fourth-order valence-electron chi connectivity index (χ4n) is 2.75. The highest BCUT2D eigenvalue weighted by Crippen LogP contribution is 2.23.